The van der Waals surface area contributed by atoms with Gasteiger partial charge in [-0.05, 0) is 19.1 Å². The van der Waals surface area contributed by atoms with Crippen molar-refractivity contribution in [2.75, 3.05) is 7.05 Å². The summed E-state index contributed by atoms with van der Waals surface area (Å²) < 4.78 is 0. The fourth-order valence-corrected chi connectivity index (χ4v) is 1.09. The van der Waals surface area contributed by atoms with Crippen LogP contribution in [0, 0.1) is 10.8 Å². The molecular weight excluding hydrogens is 144 g/mol. The molecule has 0 saturated carbocycles. The highest BCUT2D eigenvalue weighted by atomic mass is 16.3. The minimum Gasteiger partial charge on any atom is -0.296 e. The third kappa shape index (κ3) is 1.63. The molecule has 1 N–H and O–H groups in total. The van der Waals surface area contributed by atoms with E-state index < -0.39 is 5.66 Å². The van der Waals surface area contributed by atoms with Crippen LogP contribution in [0.2, 0.25) is 0 Å². The molecule has 0 rings (SSSR count). The Balaban J connectivity index is 4.75. The van der Waals surface area contributed by atoms with Crippen LogP contribution >= 0.6 is 0 Å². The largest absolute Gasteiger partial charge is 0.296 e. The van der Waals surface area contributed by atoms with E-state index >= 15 is 0 Å². The van der Waals surface area contributed by atoms with Gasteiger partial charge in [-0.15, -0.1) is 4.91 Å². The van der Waals surface area contributed by atoms with E-state index in [2.05, 4.69) is 10.5 Å². The zero-order valence-electron chi connectivity index (χ0n) is 7.34. The van der Waals surface area contributed by atoms with Crippen molar-refractivity contribution in [1.29, 1.82) is 0 Å². The molecule has 0 saturated heterocycles. The van der Waals surface area contributed by atoms with E-state index in [1.807, 2.05) is 0 Å². The maximum absolute atomic E-state index is 11.0. The molecule has 0 aromatic carbocycles. The van der Waals surface area contributed by atoms with E-state index in [1.54, 1.807) is 20.9 Å². The van der Waals surface area contributed by atoms with Gasteiger partial charge >= 0.3 is 0 Å². The van der Waals surface area contributed by atoms with Gasteiger partial charge < -0.3 is 0 Å². The van der Waals surface area contributed by atoms with Crippen LogP contribution in [0.1, 0.15) is 20.8 Å². The first kappa shape index (κ1) is 10.2. The fourth-order valence-electron chi connectivity index (χ4n) is 1.09. The van der Waals surface area contributed by atoms with Gasteiger partial charge in [0.1, 0.15) is 0 Å². The van der Waals surface area contributed by atoms with E-state index in [9.17, 15) is 9.70 Å². The molecule has 0 aliphatic rings. The van der Waals surface area contributed by atoms with Crippen molar-refractivity contribution in [2.24, 2.45) is 11.1 Å². The van der Waals surface area contributed by atoms with E-state index in [0.29, 0.717) is 0 Å². The summed E-state index contributed by atoms with van der Waals surface area (Å²) >= 11 is 0. The molecule has 0 fully saturated rings. The molecule has 0 aliphatic heterocycles. The molecule has 64 valence electrons. The van der Waals surface area contributed by atoms with Crippen LogP contribution in [0.5, 0.6) is 0 Å². The van der Waals surface area contributed by atoms with Gasteiger partial charge in [-0.25, -0.2) is 0 Å². The predicted octanol–water partition coefficient (Wildman–Crippen LogP) is 0.913. The van der Waals surface area contributed by atoms with Crippen molar-refractivity contribution in [1.82, 2.24) is 5.32 Å². The predicted molar refractivity (Wildman–Crippen MR) is 43.1 cm³/mol. The zero-order valence-corrected chi connectivity index (χ0v) is 7.34. The Hall–Kier alpha value is -0.770. The molecule has 0 bridgehead atoms. The van der Waals surface area contributed by atoms with E-state index in [0.717, 1.165) is 0 Å². The molecular formula is C7H14N2O2. The Labute approximate surface area is 66.3 Å². The number of nitroso groups, excluding NO2 is 1. The number of nitrogens with zero attached hydrogens (tertiary/aromatic N) is 1. The molecule has 11 heavy (non-hydrogen) atoms. The number of hydrogen-bond donors (Lipinski definition) is 1. The average Bonchev–Trinajstić information content (AvgIpc) is 1.90. The lowest BCUT2D eigenvalue weighted by molar-refractivity contribution is -0.124. The van der Waals surface area contributed by atoms with Crippen LogP contribution in [0.15, 0.2) is 5.18 Å². The highest BCUT2D eigenvalue weighted by molar-refractivity contribution is 5.86. The Kier molecular flexibility index (Phi) is 3.32. The summed E-state index contributed by atoms with van der Waals surface area (Å²) in [5.74, 6) is -0.368. The van der Waals surface area contributed by atoms with Crippen LogP contribution in [-0.2, 0) is 4.79 Å². The number of Topliss-reactive ketones (excluding diaryl/α,β-unsaturated/α-hetero) is 1. The molecule has 0 aromatic heterocycles. The molecule has 0 amide bonds. The van der Waals surface area contributed by atoms with Crippen LogP contribution < -0.4 is 5.32 Å². The van der Waals surface area contributed by atoms with Gasteiger partial charge in [0.2, 0.25) is 5.66 Å². The summed E-state index contributed by atoms with van der Waals surface area (Å²) in [6.45, 7) is 4.91. The van der Waals surface area contributed by atoms with Crippen LogP contribution in [0.4, 0.5) is 0 Å². The van der Waals surface area contributed by atoms with Gasteiger partial charge in [-0.3, -0.25) is 10.1 Å². The molecule has 4 heteroatoms. The van der Waals surface area contributed by atoms with Crippen molar-refractivity contribution < 1.29 is 4.79 Å². The van der Waals surface area contributed by atoms with Crippen molar-refractivity contribution in [3.05, 3.63) is 4.91 Å². The lowest BCUT2D eigenvalue weighted by atomic mass is 9.93. The average molecular weight is 158 g/mol. The number of rotatable bonds is 4. The highest BCUT2D eigenvalue weighted by Crippen LogP contribution is 2.18. The summed E-state index contributed by atoms with van der Waals surface area (Å²) in [7, 11) is 1.56. The van der Waals surface area contributed by atoms with Crippen LogP contribution in [-0.4, -0.2) is 18.5 Å². The minimum atomic E-state index is -1.24. The molecule has 4 nitrogen and oxygen atoms in total. The Morgan fingerprint density at radius 2 is 2.00 bits per heavy atom. The normalized spacial score (nSPS) is 16.1. The monoisotopic (exact) mass is 158 g/mol. The first-order valence-corrected chi connectivity index (χ1v) is 3.55. The lowest BCUT2D eigenvalue weighted by Gasteiger charge is -2.26. The molecule has 0 aromatic rings. The third-order valence-electron chi connectivity index (χ3n) is 1.90. The Bertz CT molecular complexity index is 168. The van der Waals surface area contributed by atoms with Crippen LogP contribution in [0.3, 0.4) is 0 Å². The van der Waals surface area contributed by atoms with Crippen LogP contribution in [0.25, 0.3) is 0 Å². The Morgan fingerprint density at radius 3 is 2.00 bits per heavy atom. The van der Waals surface area contributed by atoms with E-state index in [1.165, 1.54) is 6.92 Å². The van der Waals surface area contributed by atoms with Gasteiger partial charge in [0.05, 0.1) is 0 Å². The summed E-state index contributed by atoms with van der Waals surface area (Å²) in [6, 6.07) is 0. The number of ketones is 1. The summed E-state index contributed by atoms with van der Waals surface area (Å²) in [5, 5.41) is 5.46. The lowest BCUT2D eigenvalue weighted by Crippen LogP contribution is -2.51. The highest BCUT2D eigenvalue weighted by Gasteiger charge is 2.38. The second-order valence-electron chi connectivity index (χ2n) is 2.82. The molecule has 1 unspecified atom stereocenters. The van der Waals surface area contributed by atoms with Gasteiger partial charge in [-0.1, -0.05) is 13.8 Å². The van der Waals surface area contributed by atoms with Crippen molar-refractivity contribution in [2.45, 2.75) is 26.4 Å². The quantitative estimate of drug-likeness (QED) is 0.619. The summed E-state index contributed by atoms with van der Waals surface area (Å²) in [6.07, 6.45) is 0. The number of hydrogen-bond acceptors (Lipinski definition) is 4. The zero-order chi connectivity index (χ0) is 9.07. The number of nitrogens with one attached hydrogen (secondary N) is 1. The second-order valence-corrected chi connectivity index (χ2v) is 2.82. The number of carbonyl (C=O) groups is 1. The number of likely N-dealkylation sites (N-methyl/N-ethyl adjacent to an activating group) is 1. The summed E-state index contributed by atoms with van der Waals surface area (Å²) in [5.41, 5.74) is -1.24. The van der Waals surface area contributed by atoms with Crippen molar-refractivity contribution in [3.8, 4) is 0 Å². The molecule has 0 spiro atoms. The topological polar surface area (TPSA) is 58.5 Å². The van der Waals surface area contributed by atoms with Gasteiger partial charge in [-0.2, -0.15) is 0 Å². The van der Waals surface area contributed by atoms with Crippen molar-refractivity contribution >= 4 is 5.78 Å². The smallest absolute Gasteiger partial charge is 0.213 e. The first-order valence-electron chi connectivity index (χ1n) is 3.55. The maximum Gasteiger partial charge on any atom is 0.213 e. The standard InChI is InChI=1S/C7H14N2O2/c1-5(2)7(8-4,9-11)6(3)10/h5,8H,1-4H3. The SMILES string of the molecule is CNC(N=O)(C(C)=O)C(C)C. The fraction of sp³-hybridized carbons (Fsp3) is 0.857. The molecule has 0 radical (unpaired) electrons. The second kappa shape index (κ2) is 3.57. The Morgan fingerprint density at radius 1 is 1.55 bits per heavy atom. The van der Waals surface area contributed by atoms with Crippen molar-refractivity contribution in [3.63, 3.8) is 0 Å². The van der Waals surface area contributed by atoms with Gasteiger partial charge in [0.15, 0.2) is 5.78 Å². The van der Waals surface area contributed by atoms with Gasteiger partial charge in [0, 0.05) is 5.92 Å². The number of carbonyl (C=O) groups excluding carboxylic acids is 1. The molecule has 0 heterocycles. The van der Waals surface area contributed by atoms with E-state index in [-0.39, 0.29) is 11.7 Å². The minimum absolute atomic E-state index is 0.123. The van der Waals surface area contributed by atoms with Gasteiger partial charge in [0.25, 0.3) is 0 Å². The first-order chi connectivity index (χ1) is 5.01. The molecule has 0 aliphatic carbocycles. The summed E-state index contributed by atoms with van der Waals surface area (Å²) in [4.78, 5) is 21.4. The molecule has 1 atom stereocenters. The third-order valence-corrected chi connectivity index (χ3v) is 1.90. The van der Waals surface area contributed by atoms with E-state index in [4.69, 9.17) is 0 Å². The maximum atomic E-state index is 11.0.